The zero-order chi connectivity index (χ0) is 30.0. The van der Waals surface area contributed by atoms with Crippen LogP contribution in [0.15, 0.2) is 59.4 Å². The molecular weight excluding hydrogens is 588 g/mol. The van der Waals surface area contributed by atoms with Gasteiger partial charge in [0.15, 0.2) is 16.9 Å². The lowest BCUT2D eigenvalue weighted by atomic mass is 9.98. The highest BCUT2D eigenvalue weighted by Gasteiger charge is 2.68. The number of carbonyl (C=O) groups excluding carboxylic acids is 2. The molecule has 42 heavy (non-hydrogen) atoms. The van der Waals surface area contributed by atoms with Gasteiger partial charge >= 0.3 is 12.2 Å². The highest BCUT2D eigenvalue weighted by Crippen LogP contribution is 2.53. The number of rotatable bonds is 6. The van der Waals surface area contributed by atoms with Crippen LogP contribution in [-0.4, -0.2) is 48.6 Å². The van der Waals surface area contributed by atoms with Crippen molar-refractivity contribution in [2.75, 3.05) is 0 Å². The molecular formula is C27H17F6N5O3S. The third kappa shape index (κ3) is 4.62. The van der Waals surface area contributed by atoms with Crippen LogP contribution in [0.3, 0.4) is 0 Å². The molecule has 3 heterocycles. The average molecular weight is 606 g/mol. The molecule has 1 saturated carbocycles. The van der Waals surface area contributed by atoms with Gasteiger partial charge in [0.2, 0.25) is 0 Å². The summed E-state index contributed by atoms with van der Waals surface area (Å²) in [7, 11) is 0. The van der Waals surface area contributed by atoms with Gasteiger partial charge in [-0.05, 0) is 54.3 Å². The SMILES string of the molecule is O=C1N(C(c2ccc(-c3ccc(F)cc3)cc2F)C(F)(F)F)C(=O)C2(CC2)N1Cc1nnc(-c2ccc(F)c(=O)[nH]2)s1. The van der Waals surface area contributed by atoms with Gasteiger partial charge in [-0.2, -0.15) is 13.2 Å². The molecule has 2 aromatic carbocycles. The number of benzene rings is 2. The van der Waals surface area contributed by atoms with E-state index in [1.165, 1.54) is 24.3 Å². The number of nitrogens with zero attached hydrogens (tertiary/aromatic N) is 4. The summed E-state index contributed by atoms with van der Waals surface area (Å²) in [5.41, 5.74) is -2.80. The van der Waals surface area contributed by atoms with E-state index in [1.54, 1.807) is 0 Å². The van der Waals surface area contributed by atoms with Crippen molar-refractivity contribution in [3.8, 4) is 21.8 Å². The predicted molar refractivity (Wildman–Crippen MR) is 136 cm³/mol. The number of urea groups is 1. The fourth-order valence-electron chi connectivity index (χ4n) is 4.96. The van der Waals surface area contributed by atoms with Crippen LogP contribution in [0, 0.1) is 17.5 Å². The molecule has 1 spiro atoms. The standard InChI is InChI=1S/C27H17F6N5O3S/c28-15-4-1-13(2-5-15)14-3-6-16(18(30)11-14)21(27(31,32)33)38-24(40)26(9-10-26)37(25(38)41)12-20-35-36-23(42-20)19-8-7-17(29)22(39)34-19/h1-8,11,21H,9-10,12H2,(H,34,39). The van der Waals surface area contributed by atoms with E-state index in [4.69, 9.17) is 0 Å². The van der Waals surface area contributed by atoms with Crippen LogP contribution in [0.5, 0.6) is 0 Å². The Labute approximate surface area is 236 Å². The van der Waals surface area contributed by atoms with Gasteiger partial charge in [0.1, 0.15) is 22.2 Å². The molecule has 2 fully saturated rings. The molecule has 4 aromatic rings. The van der Waals surface area contributed by atoms with Gasteiger partial charge in [-0.15, -0.1) is 10.2 Å². The molecule has 1 aliphatic carbocycles. The third-order valence-electron chi connectivity index (χ3n) is 7.19. The first kappa shape index (κ1) is 27.6. The van der Waals surface area contributed by atoms with Crippen molar-refractivity contribution in [1.82, 2.24) is 25.0 Å². The van der Waals surface area contributed by atoms with Crippen molar-refractivity contribution in [2.24, 2.45) is 0 Å². The van der Waals surface area contributed by atoms with Crippen LogP contribution in [0.25, 0.3) is 21.8 Å². The van der Waals surface area contributed by atoms with E-state index in [9.17, 15) is 36.3 Å². The molecule has 1 atom stereocenters. The van der Waals surface area contributed by atoms with E-state index >= 15 is 4.39 Å². The van der Waals surface area contributed by atoms with E-state index in [1.807, 2.05) is 0 Å². The number of imide groups is 1. The predicted octanol–water partition coefficient (Wildman–Crippen LogP) is 5.58. The van der Waals surface area contributed by atoms with Gasteiger partial charge in [0.25, 0.3) is 11.5 Å². The van der Waals surface area contributed by atoms with E-state index < -0.39 is 58.3 Å². The molecule has 0 bridgehead atoms. The number of hydrogen-bond donors (Lipinski definition) is 1. The molecule has 0 radical (unpaired) electrons. The van der Waals surface area contributed by atoms with E-state index in [0.717, 1.165) is 46.6 Å². The second-order valence-corrected chi connectivity index (χ2v) is 10.9. The fraction of sp³-hybridized carbons (Fsp3) is 0.222. The summed E-state index contributed by atoms with van der Waals surface area (Å²) in [6, 6.07) is 5.79. The second kappa shape index (κ2) is 9.79. The number of alkyl halides is 3. The number of hydrogen-bond acceptors (Lipinski definition) is 6. The Bertz CT molecular complexity index is 1780. The van der Waals surface area contributed by atoms with Crippen LogP contribution < -0.4 is 5.56 Å². The molecule has 2 aromatic heterocycles. The van der Waals surface area contributed by atoms with Crippen molar-refractivity contribution in [3.05, 3.63) is 93.0 Å². The largest absolute Gasteiger partial charge is 0.413 e. The Kier molecular flexibility index (Phi) is 6.44. The van der Waals surface area contributed by atoms with Gasteiger partial charge in [-0.3, -0.25) is 9.59 Å². The Morgan fingerprint density at radius 2 is 1.60 bits per heavy atom. The maximum absolute atomic E-state index is 15.3. The number of halogens is 6. The lowest BCUT2D eigenvalue weighted by Gasteiger charge is -2.29. The minimum atomic E-state index is -5.22. The van der Waals surface area contributed by atoms with Crippen molar-refractivity contribution in [2.45, 2.75) is 37.1 Å². The summed E-state index contributed by atoms with van der Waals surface area (Å²) >= 11 is 0.889. The van der Waals surface area contributed by atoms with Gasteiger partial charge in [0, 0.05) is 5.56 Å². The van der Waals surface area contributed by atoms with E-state index in [0.29, 0.717) is 5.56 Å². The van der Waals surface area contributed by atoms with Crippen molar-refractivity contribution in [3.63, 3.8) is 0 Å². The minimum Gasteiger partial charge on any atom is -0.317 e. The Morgan fingerprint density at radius 1 is 0.905 bits per heavy atom. The Balaban J connectivity index is 1.31. The number of aromatic nitrogens is 3. The molecule has 1 N–H and O–H groups in total. The average Bonchev–Trinajstić information content (AvgIpc) is 3.57. The lowest BCUT2D eigenvalue weighted by molar-refractivity contribution is -0.183. The monoisotopic (exact) mass is 605 g/mol. The molecule has 216 valence electrons. The zero-order valence-electron chi connectivity index (χ0n) is 21.1. The van der Waals surface area contributed by atoms with Crippen LogP contribution in [-0.2, 0) is 11.3 Å². The number of amides is 3. The summed E-state index contributed by atoms with van der Waals surface area (Å²) in [4.78, 5) is 41.7. The van der Waals surface area contributed by atoms with Crippen LogP contribution in [0.1, 0.15) is 29.5 Å². The molecule has 1 unspecified atom stereocenters. The Hall–Kier alpha value is -4.53. The highest BCUT2D eigenvalue weighted by atomic mass is 32.1. The second-order valence-electron chi connectivity index (χ2n) is 9.81. The summed E-state index contributed by atoms with van der Waals surface area (Å²) in [6.45, 7) is -0.374. The number of H-pyrrole nitrogens is 1. The fourth-order valence-corrected chi connectivity index (χ4v) is 5.77. The first-order valence-electron chi connectivity index (χ1n) is 12.4. The molecule has 8 nitrogen and oxygen atoms in total. The number of pyridine rings is 1. The molecule has 3 amide bonds. The maximum atomic E-state index is 15.3. The molecule has 2 aliphatic rings. The summed E-state index contributed by atoms with van der Waals surface area (Å²) in [5.74, 6) is -3.97. The van der Waals surface area contributed by atoms with Crippen LogP contribution in [0.4, 0.5) is 31.1 Å². The normalized spacial score (nSPS) is 16.9. The van der Waals surface area contributed by atoms with Gasteiger partial charge in [-0.1, -0.05) is 35.6 Å². The van der Waals surface area contributed by atoms with Crippen molar-refractivity contribution in [1.29, 1.82) is 0 Å². The highest BCUT2D eigenvalue weighted by molar-refractivity contribution is 7.14. The number of carbonyl (C=O) groups is 2. The zero-order valence-corrected chi connectivity index (χ0v) is 21.9. The lowest BCUT2D eigenvalue weighted by Crippen LogP contribution is -2.43. The van der Waals surface area contributed by atoms with E-state index in [-0.39, 0.29) is 45.6 Å². The van der Waals surface area contributed by atoms with Crippen LogP contribution >= 0.6 is 11.3 Å². The topological polar surface area (TPSA) is 99.3 Å². The van der Waals surface area contributed by atoms with Gasteiger partial charge in [0.05, 0.1) is 12.2 Å². The summed E-state index contributed by atoms with van der Waals surface area (Å²) in [5, 5.41) is 8.10. The quantitative estimate of drug-likeness (QED) is 0.229. The minimum absolute atomic E-state index is 0.0440. The summed E-state index contributed by atoms with van der Waals surface area (Å²) < 4.78 is 85.3. The van der Waals surface area contributed by atoms with Crippen LogP contribution in [0.2, 0.25) is 0 Å². The molecule has 6 rings (SSSR count). The first-order chi connectivity index (χ1) is 19.9. The first-order valence-corrected chi connectivity index (χ1v) is 13.2. The number of aromatic amines is 1. The summed E-state index contributed by atoms with van der Waals surface area (Å²) in [6.07, 6.45) is -5.02. The van der Waals surface area contributed by atoms with Gasteiger partial charge in [-0.25, -0.2) is 22.9 Å². The Morgan fingerprint density at radius 3 is 2.21 bits per heavy atom. The van der Waals surface area contributed by atoms with Crippen molar-refractivity contribution < 1.29 is 35.9 Å². The molecule has 1 saturated heterocycles. The molecule has 15 heteroatoms. The maximum Gasteiger partial charge on any atom is 0.413 e. The van der Waals surface area contributed by atoms with Gasteiger partial charge < -0.3 is 9.88 Å². The van der Waals surface area contributed by atoms with Crippen molar-refractivity contribution >= 4 is 23.3 Å². The number of nitrogens with one attached hydrogen (secondary N) is 1. The molecule has 1 aliphatic heterocycles. The smallest absolute Gasteiger partial charge is 0.317 e. The third-order valence-corrected chi connectivity index (χ3v) is 8.13. The van der Waals surface area contributed by atoms with E-state index in [2.05, 4.69) is 15.2 Å².